The molecule has 0 saturated heterocycles. The van der Waals surface area contributed by atoms with Gasteiger partial charge in [-0.15, -0.1) is 11.8 Å². The number of rotatable bonds is 7. The quantitative estimate of drug-likeness (QED) is 0.233. The monoisotopic (exact) mass is 467 g/mol. The van der Waals surface area contributed by atoms with Crippen molar-refractivity contribution in [1.82, 2.24) is 24.9 Å². The molecule has 33 heavy (non-hydrogen) atoms. The molecular weight excluding hydrogens is 449 g/mol. The van der Waals surface area contributed by atoms with E-state index >= 15 is 0 Å². The first-order valence-corrected chi connectivity index (χ1v) is 10.8. The van der Waals surface area contributed by atoms with Gasteiger partial charge in [0.2, 0.25) is 11.9 Å². The van der Waals surface area contributed by atoms with Crippen LogP contribution in [-0.2, 0) is 11.3 Å². The molecule has 1 aromatic carbocycles. The SMILES string of the molecule is CSc1nc(-c2ccco2)nc(C)c1C(=O)OCc1nc(N)nc(Nc2ccc(F)cc2)n1. The summed E-state index contributed by atoms with van der Waals surface area (Å²) in [6.45, 7) is 1.44. The summed E-state index contributed by atoms with van der Waals surface area (Å²) in [5.41, 5.74) is 6.99. The molecule has 12 heteroatoms. The average Bonchev–Trinajstić information content (AvgIpc) is 3.33. The Kier molecular flexibility index (Phi) is 6.45. The summed E-state index contributed by atoms with van der Waals surface area (Å²) in [7, 11) is 0. The van der Waals surface area contributed by atoms with Crippen LogP contribution in [0.2, 0.25) is 0 Å². The summed E-state index contributed by atoms with van der Waals surface area (Å²) >= 11 is 1.29. The molecule has 0 atom stereocenters. The number of anilines is 3. The Hall–Kier alpha value is -4.06. The van der Waals surface area contributed by atoms with Gasteiger partial charge in [-0.05, 0) is 49.6 Å². The number of aromatic nitrogens is 5. The Morgan fingerprint density at radius 1 is 1.15 bits per heavy atom. The number of thioether (sulfide) groups is 1. The number of esters is 1. The first-order chi connectivity index (χ1) is 15.9. The Morgan fingerprint density at radius 2 is 1.94 bits per heavy atom. The fourth-order valence-electron chi connectivity index (χ4n) is 2.87. The lowest BCUT2D eigenvalue weighted by molar-refractivity contribution is 0.0455. The molecule has 0 spiro atoms. The van der Waals surface area contributed by atoms with E-state index in [1.807, 2.05) is 0 Å². The number of ether oxygens (including phenoxy) is 1. The highest BCUT2D eigenvalue weighted by atomic mass is 32.2. The molecule has 168 valence electrons. The number of furan rings is 1. The minimum atomic E-state index is -0.630. The van der Waals surface area contributed by atoms with E-state index in [9.17, 15) is 9.18 Å². The van der Waals surface area contributed by atoms with Gasteiger partial charge in [-0.1, -0.05) is 0 Å². The minimum Gasteiger partial charge on any atom is -0.461 e. The van der Waals surface area contributed by atoms with Gasteiger partial charge >= 0.3 is 5.97 Å². The van der Waals surface area contributed by atoms with Crippen molar-refractivity contribution in [2.75, 3.05) is 17.3 Å². The van der Waals surface area contributed by atoms with E-state index in [1.54, 1.807) is 25.3 Å². The summed E-state index contributed by atoms with van der Waals surface area (Å²) in [5.74, 6) is 0.0755. The average molecular weight is 467 g/mol. The lowest BCUT2D eigenvalue weighted by Crippen LogP contribution is -2.14. The van der Waals surface area contributed by atoms with E-state index in [-0.39, 0.29) is 35.7 Å². The molecule has 10 nitrogen and oxygen atoms in total. The van der Waals surface area contributed by atoms with Crippen molar-refractivity contribution in [2.45, 2.75) is 18.6 Å². The van der Waals surface area contributed by atoms with Crippen LogP contribution >= 0.6 is 11.8 Å². The molecule has 0 amide bonds. The summed E-state index contributed by atoms with van der Waals surface area (Å²) < 4.78 is 23.8. The van der Waals surface area contributed by atoms with Crippen LogP contribution in [0.5, 0.6) is 0 Å². The van der Waals surface area contributed by atoms with Crippen molar-refractivity contribution < 1.29 is 18.3 Å². The maximum atomic E-state index is 13.1. The second-order valence-corrected chi connectivity index (χ2v) is 7.43. The Morgan fingerprint density at radius 3 is 2.64 bits per heavy atom. The number of carbonyl (C=O) groups is 1. The van der Waals surface area contributed by atoms with Crippen molar-refractivity contribution >= 4 is 35.3 Å². The predicted molar refractivity (Wildman–Crippen MR) is 119 cm³/mol. The van der Waals surface area contributed by atoms with Crippen LogP contribution in [0.4, 0.5) is 22.0 Å². The minimum absolute atomic E-state index is 0.0622. The first-order valence-electron chi connectivity index (χ1n) is 9.59. The lowest BCUT2D eigenvalue weighted by atomic mass is 10.2. The van der Waals surface area contributed by atoms with Crippen LogP contribution in [0.25, 0.3) is 11.6 Å². The molecule has 4 aromatic rings. The Bertz CT molecular complexity index is 1280. The Labute approximate surface area is 191 Å². The van der Waals surface area contributed by atoms with Crippen molar-refractivity contribution in [1.29, 1.82) is 0 Å². The van der Waals surface area contributed by atoms with E-state index < -0.39 is 5.97 Å². The fraction of sp³-hybridized carbons (Fsp3) is 0.143. The molecule has 0 aliphatic heterocycles. The van der Waals surface area contributed by atoms with Crippen LogP contribution in [0.1, 0.15) is 21.9 Å². The van der Waals surface area contributed by atoms with E-state index in [4.69, 9.17) is 14.9 Å². The van der Waals surface area contributed by atoms with E-state index in [0.717, 1.165) is 0 Å². The van der Waals surface area contributed by atoms with Gasteiger partial charge in [0, 0.05) is 5.69 Å². The van der Waals surface area contributed by atoms with Crippen LogP contribution < -0.4 is 11.1 Å². The highest BCUT2D eigenvalue weighted by Crippen LogP contribution is 2.26. The number of nitrogens with two attached hydrogens (primary N) is 1. The molecule has 3 heterocycles. The summed E-state index contributed by atoms with van der Waals surface area (Å²) in [4.78, 5) is 33.8. The zero-order chi connectivity index (χ0) is 23.4. The molecule has 0 bridgehead atoms. The molecule has 3 aromatic heterocycles. The molecule has 0 radical (unpaired) electrons. The van der Waals surface area contributed by atoms with E-state index in [2.05, 4.69) is 30.2 Å². The van der Waals surface area contributed by atoms with Gasteiger partial charge in [0.15, 0.2) is 24.0 Å². The number of hydrogen-bond donors (Lipinski definition) is 2. The van der Waals surface area contributed by atoms with Crippen molar-refractivity contribution in [3.63, 3.8) is 0 Å². The number of nitrogens with one attached hydrogen (secondary N) is 1. The van der Waals surface area contributed by atoms with Crippen molar-refractivity contribution in [3.8, 4) is 11.6 Å². The topological polar surface area (TPSA) is 142 Å². The normalized spacial score (nSPS) is 10.8. The van der Waals surface area contributed by atoms with Gasteiger partial charge in [0.05, 0.1) is 12.0 Å². The maximum absolute atomic E-state index is 13.1. The third-order valence-corrected chi connectivity index (χ3v) is 5.01. The molecule has 0 fully saturated rings. The number of aryl methyl sites for hydroxylation is 1. The molecular formula is C21H18FN7O3S. The molecule has 0 aliphatic carbocycles. The molecule has 0 aliphatic rings. The maximum Gasteiger partial charge on any atom is 0.343 e. The van der Waals surface area contributed by atoms with Crippen LogP contribution in [0.15, 0.2) is 52.1 Å². The van der Waals surface area contributed by atoms with Gasteiger partial charge in [0.1, 0.15) is 16.4 Å². The van der Waals surface area contributed by atoms with Gasteiger partial charge in [-0.3, -0.25) is 0 Å². The summed E-state index contributed by atoms with van der Waals surface area (Å²) in [6, 6.07) is 9.09. The molecule has 0 unspecified atom stereocenters. The number of nitrogen functional groups attached to an aromatic ring is 1. The highest BCUT2D eigenvalue weighted by molar-refractivity contribution is 7.98. The predicted octanol–water partition coefficient (Wildman–Crippen LogP) is 3.77. The number of benzene rings is 1. The fourth-order valence-corrected chi connectivity index (χ4v) is 3.48. The van der Waals surface area contributed by atoms with Crippen molar-refractivity contribution in [2.24, 2.45) is 0 Å². The number of hydrogen-bond acceptors (Lipinski definition) is 11. The number of halogens is 1. The van der Waals surface area contributed by atoms with E-state index in [1.165, 1.54) is 42.3 Å². The van der Waals surface area contributed by atoms with E-state index in [0.29, 0.717) is 28.0 Å². The molecule has 3 N–H and O–H groups in total. The lowest BCUT2D eigenvalue weighted by Gasteiger charge is -2.11. The second kappa shape index (κ2) is 9.61. The largest absolute Gasteiger partial charge is 0.461 e. The zero-order valence-corrected chi connectivity index (χ0v) is 18.4. The highest BCUT2D eigenvalue weighted by Gasteiger charge is 2.21. The van der Waals surface area contributed by atoms with Crippen LogP contribution in [-0.4, -0.2) is 37.1 Å². The van der Waals surface area contributed by atoms with Crippen molar-refractivity contribution in [3.05, 3.63) is 65.6 Å². The van der Waals surface area contributed by atoms with Gasteiger partial charge in [0.25, 0.3) is 0 Å². The Balaban J connectivity index is 1.50. The van der Waals surface area contributed by atoms with Crippen LogP contribution in [0.3, 0.4) is 0 Å². The number of carbonyl (C=O) groups excluding carboxylic acids is 1. The molecule has 0 saturated carbocycles. The van der Waals surface area contributed by atoms with Gasteiger partial charge in [-0.25, -0.2) is 19.2 Å². The standard InChI is InChI=1S/C21H18FN7O3S/c1-11-16(18(33-2)28-17(24-11)14-4-3-9-31-14)19(30)32-10-15-26-20(23)29-21(27-15)25-13-7-5-12(22)6-8-13/h3-9H,10H2,1-2H3,(H3,23,25,26,27,29). The zero-order valence-electron chi connectivity index (χ0n) is 17.6. The summed E-state index contributed by atoms with van der Waals surface area (Å²) in [6.07, 6.45) is 3.32. The third kappa shape index (κ3) is 5.23. The van der Waals surface area contributed by atoms with Gasteiger partial charge in [-0.2, -0.15) is 15.0 Å². The second-order valence-electron chi connectivity index (χ2n) is 6.64. The smallest absolute Gasteiger partial charge is 0.343 e. The molecule has 4 rings (SSSR count). The summed E-state index contributed by atoms with van der Waals surface area (Å²) in [5, 5.41) is 3.35. The van der Waals surface area contributed by atoms with Crippen LogP contribution in [0, 0.1) is 12.7 Å². The third-order valence-electron chi connectivity index (χ3n) is 4.33. The first kappa shape index (κ1) is 22.1. The van der Waals surface area contributed by atoms with Gasteiger partial charge < -0.3 is 20.2 Å². The number of nitrogens with zero attached hydrogens (tertiary/aromatic N) is 5.